The summed E-state index contributed by atoms with van der Waals surface area (Å²) in [6, 6.07) is 5.67. The van der Waals surface area contributed by atoms with Gasteiger partial charge in [-0.1, -0.05) is 19.9 Å². The Bertz CT molecular complexity index is 839. The molecule has 3 aromatic heterocycles. The average molecular weight is 342 g/mol. The highest BCUT2D eigenvalue weighted by molar-refractivity contribution is 7.13. The van der Waals surface area contributed by atoms with Crippen molar-refractivity contribution >= 4 is 23.2 Å². The Morgan fingerprint density at radius 1 is 1.33 bits per heavy atom. The van der Waals surface area contributed by atoms with Crippen molar-refractivity contribution in [2.24, 2.45) is 7.05 Å². The van der Waals surface area contributed by atoms with Crippen molar-refractivity contribution in [2.45, 2.75) is 26.2 Å². The first kappa shape index (κ1) is 16.3. The van der Waals surface area contributed by atoms with E-state index in [1.54, 1.807) is 17.9 Å². The lowest BCUT2D eigenvalue weighted by atomic mass is 10.2. The summed E-state index contributed by atoms with van der Waals surface area (Å²) in [5, 5.41) is 9.75. The Morgan fingerprint density at radius 3 is 2.83 bits per heavy atom. The minimum Gasteiger partial charge on any atom is -0.294 e. The van der Waals surface area contributed by atoms with Crippen LogP contribution in [0.3, 0.4) is 0 Å². The first-order valence-electron chi connectivity index (χ1n) is 7.59. The molecule has 0 atom stereocenters. The second kappa shape index (κ2) is 6.88. The SMILES string of the molecule is CC(C)c1nc(NC(=O)Cc2csc(-c3ccccn3)n2)n(C)n1. The topological polar surface area (TPSA) is 85.6 Å². The van der Waals surface area contributed by atoms with Crippen molar-refractivity contribution < 1.29 is 4.79 Å². The molecule has 0 spiro atoms. The Hall–Kier alpha value is -2.61. The van der Waals surface area contributed by atoms with Crippen molar-refractivity contribution in [2.75, 3.05) is 5.32 Å². The van der Waals surface area contributed by atoms with E-state index in [1.807, 2.05) is 37.4 Å². The van der Waals surface area contributed by atoms with Gasteiger partial charge in [0, 0.05) is 24.5 Å². The lowest BCUT2D eigenvalue weighted by Crippen LogP contribution is -2.17. The molecule has 0 saturated carbocycles. The van der Waals surface area contributed by atoms with Crippen LogP contribution >= 0.6 is 11.3 Å². The molecule has 1 amide bonds. The fourth-order valence-corrected chi connectivity index (χ4v) is 2.88. The third-order valence-electron chi connectivity index (χ3n) is 3.32. The average Bonchev–Trinajstić information content (AvgIpc) is 3.16. The first-order valence-corrected chi connectivity index (χ1v) is 8.47. The van der Waals surface area contributed by atoms with Gasteiger partial charge in [0.15, 0.2) is 5.82 Å². The van der Waals surface area contributed by atoms with Gasteiger partial charge in [-0.25, -0.2) is 9.67 Å². The van der Waals surface area contributed by atoms with Gasteiger partial charge in [0.05, 0.1) is 17.8 Å². The van der Waals surface area contributed by atoms with Gasteiger partial charge in [-0.15, -0.1) is 11.3 Å². The normalized spacial score (nSPS) is 11.0. The molecule has 3 heterocycles. The molecular formula is C16H18N6OS. The maximum absolute atomic E-state index is 12.2. The van der Waals surface area contributed by atoms with E-state index in [1.165, 1.54) is 11.3 Å². The molecular weight excluding hydrogens is 324 g/mol. The molecule has 0 unspecified atom stereocenters. The van der Waals surface area contributed by atoms with E-state index in [-0.39, 0.29) is 18.2 Å². The van der Waals surface area contributed by atoms with Crippen molar-refractivity contribution in [1.82, 2.24) is 24.7 Å². The zero-order valence-corrected chi connectivity index (χ0v) is 14.5. The molecule has 3 rings (SSSR count). The summed E-state index contributed by atoms with van der Waals surface area (Å²) >= 11 is 1.48. The summed E-state index contributed by atoms with van der Waals surface area (Å²) in [6.07, 6.45) is 1.91. The number of carbonyl (C=O) groups excluding carboxylic acids is 1. The van der Waals surface area contributed by atoms with Crippen LogP contribution in [0.4, 0.5) is 5.95 Å². The highest BCUT2D eigenvalue weighted by Gasteiger charge is 2.14. The van der Waals surface area contributed by atoms with Crippen molar-refractivity contribution in [3.63, 3.8) is 0 Å². The Morgan fingerprint density at radius 2 is 2.17 bits per heavy atom. The molecule has 0 aliphatic rings. The molecule has 24 heavy (non-hydrogen) atoms. The maximum Gasteiger partial charge on any atom is 0.232 e. The zero-order chi connectivity index (χ0) is 17.1. The number of aromatic nitrogens is 5. The largest absolute Gasteiger partial charge is 0.294 e. The van der Waals surface area contributed by atoms with E-state index in [0.717, 1.165) is 10.7 Å². The molecule has 0 aliphatic heterocycles. The Balaban J connectivity index is 1.66. The van der Waals surface area contributed by atoms with Gasteiger partial charge in [0.1, 0.15) is 5.01 Å². The third-order valence-corrected chi connectivity index (χ3v) is 4.24. The molecule has 7 nitrogen and oxygen atoms in total. The number of nitrogens with zero attached hydrogens (tertiary/aromatic N) is 5. The standard InChI is InChI=1S/C16H18N6OS/c1-10(2)14-20-16(22(3)21-14)19-13(23)8-11-9-24-15(18-11)12-6-4-5-7-17-12/h4-7,9-10H,8H2,1-3H3,(H,19,20,21,23). The molecule has 1 N–H and O–H groups in total. The van der Waals surface area contributed by atoms with Crippen LogP contribution in [0.25, 0.3) is 10.7 Å². The zero-order valence-electron chi connectivity index (χ0n) is 13.7. The predicted molar refractivity (Wildman–Crippen MR) is 92.8 cm³/mol. The number of hydrogen-bond acceptors (Lipinski definition) is 6. The summed E-state index contributed by atoms with van der Waals surface area (Å²) in [4.78, 5) is 25.3. The predicted octanol–water partition coefficient (Wildman–Crippen LogP) is 2.64. The summed E-state index contributed by atoms with van der Waals surface area (Å²) in [5.74, 6) is 1.20. The van der Waals surface area contributed by atoms with Crippen LogP contribution in [0.2, 0.25) is 0 Å². The van der Waals surface area contributed by atoms with Gasteiger partial charge in [-0.05, 0) is 12.1 Å². The maximum atomic E-state index is 12.2. The quantitative estimate of drug-likeness (QED) is 0.770. The first-order chi connectivity index (χ1) is 11.5. The number of aryl methyl sites for hydroxylation is 1. The summed E-state index contributed by atoms with van der Waals surface area (Å²) in [6.45, 7) is 4.02. The van der Waals surface area contributed by atoms with E-state index in [0.29, 0.717) is 17.5 Å². The van der Waals surface area contributed by atoms with Crippen LogP contribution in [-0.4, -0.2) is 30.6 Å². The lowest BCUT2D eigenvalue weighted by Gasteiger charge is -2.01. The van der Waals surface area contributed by atoms with Crippen LogP contribution in [-0.2, 0) is 18.3 Å². The lowest BCUT2D eigenvalue weighted by molar-refractivity contribution is -0.115. The van der Waals surface area contributed by atoms with Gasteiger partial charge < -0.3 is 0 Å². The molecule has 0 bridgehead atoms. The summed E-state index contributed by atoms with van der Waals surface area (Å²) < 4.78 is 1.58. The minimum absolute atomic E-state index is 0.168. The summed E-state index contributed by atoms with van der Waals surface area (Å²) in [5.41, 5.74) is 1.52. The van der Waals surface area contributed by atoms with E-state index in [2.05, 4.69) is 25.4 Å². The number of rotatable bonds is 5. The second-order valence-electron chi connectivity index (χ2n) is 5.66. The molecule has 3 aromatic rings. The number of nitrogens with one attached hydrogen (secondary N) is 1. The van der Waals surface area contributed by atoms with Gasteiger partial charge in [-0.3, -0.25) is 15.1 Å². The van der Waals surface area contributed by atoms with Crippen molar-refractivity contribution in [1.29, 1.82) is 0 Å². The number of thiazole rings is 1. The molecule has 0 saturated heterocycles. The molecule has 0 radical (unpaired) electrons. The van der Waals surface area contributed by atoms with E-state index in [9.17, 15) is 4.79 Å². The monoisotopic (exact) mass is 342 g/mol. The summed E-state index contributed by atoms with van der Waals surface area (Å²) in [7, 11) is 1.76. The minimum atomic E-state index is -0.168. The molecule has 0 fully saturated rings. The fraction of sp³-hybridized carbons (Fsp3) is 0.312. The van der Waals surface area contributed by atoms with Crippen LogP contribution in [0.1, 0.15) is 31.3 Å². The Kier molecular flexibility index (Phi) is 4.66. The van der Waals surface area contributed by atoms with Gasteiger partial charge >= 0.3 is 0 Å². The van der Waals surface area contributed by atoms with Crippen LogP contribution in [0.15, 0.2) is 29.8 Å². The number of carbonyl (C=O) groups is 1. The third kappa shape index (κ3) is 3.65. The van der Waals surface area contributed by atoms with Crippen LogP contribution < -0.4 is 5.32 Å². The highest BCUT2D eigenvalue weighted by Crippen LogP contribution is 2.21. The number of hydrogen-bond donors (Lipinski definition) is 1. The molecule has 0 aliphatic carbocycles. The van der Waals surface area contributed by atoms with Gasteiger partial charge in [-0.2, -0.15) is 10.1 Å². The number of pyridine rings is 1. The van der Waals surface area contributed by atoms with Crippen LogP contribution in [0, 0.1) is 0 Å². The Labute approximate surface area is 143 Å². The van der Waals surface area contributed by atoms with Crippen LogP contribution in [0.5, 0.6) is 0 Å². The number of anilines is 1. The van der Waals surface area contributed by atoms with Gasteiger partial charge in [0.2, 0.25) is 11.9 Å². The van der Waals surface area contributed by atoms with Crippen molar-refractivity contribution in [3.8, 4) is 10.7 Å². The van der Waals surface area contributed by atoms with Crippen molar-refractivity contribution in [3.05, 3.63) is 41.3 Å². The number of amides is 1. The molecule has 8 heteroatoms. The smallest absolute Gasteiger partial charge is 0.232 e. The fourth-order valence-electron chi connectivity index (χ4n) is 2.09. The highest BCUT2D eigenvalue weighted by atomic mass is 32.1. The second-order valence-corrected chi connectivity index (χ2v) is 6.51. The van der Waals surface area contributed by atoms with E-state index in [4.69, 9.17) is 0 Å². The van der Waals surface area contributed by atoms with E-state index >= 15 is 0 Å². The molecule has 0 aromatic carbocycles. The van der Waals surface area contributed by atoms with E-state index < -0.39 is 0 Å². The molecule has 124 valence electrons. The van der Waals surface area contributed by atoms with Gasteiger partial charge in [0.25, 0.3) is 0 Å².